The number of hydrogen-bond acceptors (Lipinski definition) is 7. The van der Waals surface area contributed by atoms with E-state index in [4.69, 9.17) is 22.1 Å². The zero-order chi connectivity index (χ0) is 22.4. The number of para-hydroxylation sites is 1. The van der Waals surface area contributed by atoms with Gasteiger partial charge in [-0.2, -0.15) is 0 Å². The van der Waals surface area contributed by atoms with Crippen LogP contribution in [-0.4, -0.2) is 18.5 Å². The Bertz CT molecular complexity index is 1200. The number of thiocarbonyl (C=S) groups is 1. The summed E-state index contributed by atoms with van der Waals surface area (Å²) in [6.07, 6.45) is 0. The fourth-order valence-electron chi connectivity index (χ4n) is 2.46. The highest BCUT2D eigenvalue weighted by atomic mass is 32.2. The fourth-order valence-corrected chi connectivity index (χ4v) is 3.17. The lowest BCUT2D eigenvalue weighted by atomic mass is 10.3. The van der Waals surface area contributed by atoms with Crippen LogP contribution in [0, 0.1) is 10.1 Å². The van der Waals surface area contributed by atoms with E-state index in [1.807, 2.05) is 30.3 Å². The summed E-state index contributed by atoms with van der Waals surface area (Å²) in [6, 6.07) is 19.5. The van der Waals surface area contributed by atoms with Crippen LogP contribution >= 0.6 is 12.2 Å². The Hall–Kier alpha value is -3.74. The molecule has 0 fully saturated rings. The van der Waals surface area contributed by atoms with E-state index in [0.717, 1.165) is 12.1 Å². The zero-order valence-corrected chi connectivity index (χ0v) is 17.4. The number of ether oxygens (including phenoxy) is 1. The first kappa shape index (κ1) is 22.0. The standard InChI is InChI=1S/C19H17N5O5S2/c20-31(27,28)16-10-11-17(18(12-16)24(25)26)22-23-19(30)21-13-6-8-15(9-7-13)29-14-4-2-1-3-5-14/h1-12,22H,(H2,20,27,28)(H2,21,23,30). The molecule has 0 aliphatic heterocycles. The van der Waals surface area contributed by atoms with Gasteiger partial charge in [0.25, 0.3) is 5.69 Å². The third kappa shape index (κ3) is 6.12. The Morgan fingerprint density at radius 1 is 1.00 bits per heavy atom. The third-order valence-electron chi connectivity index (χ3n) is 3.90. The first-order valence-corrected chi connectivity index (χ1v) is 10.6. The van der Waals surface area contributed by atoms with E-state index in [1.54, 1.807) is 24.3 Å². The molecule has 0 saturated heterocycles. The quantitative estimate of drug-likeness (QED) is 0.237. The molecule has 10 nitrogen and oxygen atoms in total. The van der Waals surface area contributed by atoms with Crippen LogP contribution in [0.25, 0.3) is 0 Å². The average molecular weight is 460 g/mol. The summed E-state index contributed by atoms with van der Waals surface area (Å²) in [5, 5.41) is 19.3. The van der Waals surface area contributed by atoms with Crippen LogP contribution in [0.3, 0.4) is 0 Å². The summed E-state index contributed by atoms with van der Waals surface area (Å²) in [7, 11) is -4.07. The second kappa shape index (κ2) is 9.38. The predicted octanol–water partition coefficient (Wildman–Crippen LogP) is 3.35. The molecule has 0 radical (unpaired) electrons. The van der Waals surface area contributed by atoms with Gasteiger partial charge >= 0.3 is 0 Å². The maximum atomic E-state index is 11.4. The van der Waals surface area contributed by atoms with E-state index in [9.17, 15) is 18.5 Å². The number of primary sulfonamides is 1. The molecule has 0 atom stereocenters. The number of nitrogens with one attached hydrogen (secondary N) is 3. The van der Waals surface area contributed by atoms with Gasteiger partial charge in [-0.3, -0.25) is 21.0 Å². The molecule has 3 aromatic rings. The Balaban J connectivity index is 1.60. The predicted molar refractivity (Wildman–Crippen MR) is 120 cm³/mol. The molecule has 0 aliphatic carbocycles. The largest absolute Gasteiger partial charge is 0.457 e. The van der Waals surface area contributed by atoms with Crippen molar-refractivity contribution in [2.45, 2.75) is 4.90 Å². The number of nitrogens with zero attached hydrogens (tertiary/aromatic N) is 1. The number of benzene rings is 3. The van der Waals surface area contributed by atoms with Gasteiger partial charge in [-0.15, -0.1) is 0 Å². The molecule has 0 amide bonds. The van der Waals surface area contributed by atoms with E-state index >= 15 is 0 Å². The van der Waals surface area contributed by atoms with Crippen LogP contribution in [0.4, 0.5) is 17.1 Å². The van der Waals surface area contributed by atoms with E-state index in [0.29, 0.717) is 17.2 Å². The van der Waals surface area contributed by atoms with Gasteiger partial charge in [-0.25, -0.2) is 13.6 Å². The molecule has 0 unspecified atom stereocenters. The average Bonchev–Trinajstić information content (AvgIpc) is 2.73. The lowest BCUT2D eigenvalue weighted by molar-refractivity contribution is -0.384. The van der Waals surface area contributed by atoms with E-state index < -0.39 is 20.6 Å². The maximum absolute atomic E-state index is 11.4. The first-order valence-electron chi connectivity index (χ1n) is 8.69. The molecule has 0 heterocycles. The first-order chi connectivity index (χ1) is 14.7. The van der Waals surface area contributed by atoms with Crippen LogP contribution < -0.4 is 26.0 Å². The van der Waals surface area contributed by atoms with Crippen LogP contribution in [0.15, 0.2) is 77.7 Å². The molecular formula is C19H17N5O5S2. The zero-order valence-electron chi connectivity index (χ0n) is 15.8. The summed E-state index contributed by atoms with van der Waals surface area (Å²) < 4.78 is 28.5. The minimum atomic E-state index is -4.07. The highest BCUT2D eigenvalue weighted by Crippen LogP contribution is 2.26. The lowest BCUT2D eigenvalue weighted by Gasteiger charge is -2.13. The maximum Gasteiger partial charge on any atom is 0.295 e. The van der Waals surface area contributed by atoms with Gasteiger partial charge in [0, 0.05) is 11.8 Å². The Kier molecular flexibility index (Phi) is 6.65. The van der Waals surface area contributed by atoms with Gasteiger partial charge in [0.2, 0.25) is 10.0 Å². The molecule has 0 aromatic heterocycles. The van der Waals surface area contributed by atoms with Crippen molar-refractivity contribution in [2.24, 2.45) is 5.14 Å². The van der Waals surface area contributed by atoms with Crippen molar-refractivity contribution in [3.05, 3.63) is 82.9 Å². The van der Waals surface area contributed by atoms with Gasteiger partial charge in [0.15, 0.2) is 5.11 Å². The van der Waals surface area contributed by atoms with Gasteiger partial charge in [-0.05, 0) is 60.7 Å². The second-order valence-corrected chi connectivity index (χ2v) is 8.09. The number of nitro benzene ring substituents is 1. The van der Waals surface area contributed by atoms with Crippen LogP contribution in [0.1, 0.15) is 0 Å². The second-order valence-electron chi connectivity index (χ2n) is 6.12. The number of anilines is 2. The van der Waals surface area contributed by atoms with E-state index in [1.165, 1.54) is 6.07 Å². The number of rotatable bonds is 7. The minimum Gasteiger partial charge on any atom is -0.457 e. The van der Waals surface area contributed by atoms with Crippen molar-refractivity contribution in [3.8, 4) is 11.5 Å². The number of nitrogens with two attached hydrogens (primary N) is 1. The summed E-state index contributed by atoms with van der Waals surface area (Å²) in [5.74, 6) is 1.35. The summed E-state index contributed by atoms with van der Waals surface area (Å²) in [6.45, 7) is 0. The van der Waals surface area contributed by atoms with E-state index in [-0.39, 0.29) is 15.7 Å². The summed E-state index contributed by atoms with van der Waals surface area (Å²) in [5.41, 5.74) is 5.37. The molecule has 0 spiro atoms. The molecule has 0 aliphatic rings. The summed E-state index contributed by atoms with van der Waals surface area (Å²) in [4.78, 5) is 10.1. The molecule has 0 bridgehead atoms. The normalized spacial score (nSPS) is 10.7. The Morgan fingerprint density at radius 3 is 2.26 bits per heavy atom. The Labute approximate surface area is 183 Å². The van der Waals surface area contributed by atoms with Crippen molar-refractivity contribution < 1.29 is 18.1 Å². The van der Waals surface area contributed by atoms with Crippen molar-refractivity contribution in [3.63, 3.8) is 0 Å². The number of sulfonamides is 1. The summed E-state index contributed by atoms with van der Waals surface area (Å²) >= 11 is 5.17. The number of nitro groups is 1. The van der Waals surface area contributed by atoms with Gasteiger partial charge in [0.05, 0.1) is 9.82 Å². The van der Waals surface area contributed by atoms with E-state index in [2.05, 4.69) is 16.2 Å². The molecule has 12 heteroatoms. The smallest absolute Gasteiger partial charge is 0.295 e. The molecule has 31 heavy (non-hydrogen) atoms. The fraction of sp³-hybridized carbons (Fsp3) is 0. The molecule has 3 aromatic carbocycles. The SMILES string of the molecule is NS(=O)(=O)c1ccc(NNC(=S)Nc2ccc(Oc3ccccc3)cc2)c([N+](=O)[O-])c1. The molecule has 0 saturated carbocycles. The highest BCUT2D eigenvalue weighted by molar-refractivity contribution is 7.89. The molecule has 3 rings (SSSR count). The third-order valence-corrected chi connectivity index (χ3v) is 5.01. The number of hydrogen-bond donors (Lipinski definition) is 4. The molecule has 5 N–H and O–H groups in total. The Morgan fingerprint density at radius 2 is 1.65 bits per heavy atom. The van der Waals surface area contributed by atoms with Crippen LogP contribution in [-0.2, 0) is 10.0 Å². The lowest BCUT2D eigenvalue weighted by Crippen LogP contribution is -2.33. The monoisotopic (exact) mass is 459 g/mol. The molecular weight excluding hydrogens is 442 g/mol. The van der Waals surface area contributed by atoms with Crippen molar-refractivity contribution in [2.75, 3.05) is 10.7 Å². The topological polar surface area (TPSA) is 149 Å². The van der Waals surface area contributed by atoms with Crippen molar-refractivity contribution >= 4 is 44.4 Å². The van der Waals surface area contributed by atoms with Crippen molar-refractivity contribution in [1.29, 1.82) is 0 Å². The van der Waals surface area contributed by atoms with Gasteiger partial charge < -0.3 is 10.1 Å². The van der Waals surface area contributed by atoms with Crippen molar-refractivity contribution in [1.82, 2.24) is 5.43 Å². The molecule has 160 valence electrons. The van der Waals surface area contributed by atoms with Gasteiger partial charge in [0.1, 0.15) is 17.2 Å². The highest BCUT2D eigenvalue weighted by Gasteiger charge is 2.19. The van der Waals surface area contributed by atoms with Gasteiger partial charge in [-0.1, -0.05) is 18.2 Å². The van der Waals surface area contributed by atoms with Crippen LogP contribution in [0.5, 0.6) is 11.5 Å². The van der Waals surface area contributed by atoms with Crippen LogP contribution in [0.2, 0.25) is 0 Å². The number of hydrazine groups is 1. The minimum absolute atomic E-state index is 0.00755.